The minimum Gasteiger partial charge on any atom is -0.330 e. The molecule has 2 N–H and O–H groups in total. The van der Waals surface area contributed by atoms with Gasteiger partial charge in [-0.2, -0.15) is 0 Å². The smallest absolute Gasteiger partial charge is 0.137 e. The van der Waals surface area contributed by atoms with Gasteiger partial charge in [0.2, 0.25) is 0 Å². The van der Waals surface area contributed by atoms with Crippen molar-refractivity contribution in [2.24, 2.45) is 5.73 Å². The van der Waals surface area contributed by atoms with E-state index < -0.39 is 0 Å². The van der Waals surface area contributed by atoms with Crippen molar-refractivity contribution in [3.63, 3.8) is 0 Å². The second-order valence-corrected chi connectivity index (χ2v) is 4.83. The number of aryl methyl sites for hydroxylation is 1. The lowest BCUT2D eigenvalue weighted by Crippen LogP contribution is -1.99. The number of hydrogen-bond donors (Lipinski definition) is 1. The molecule has 84 valence electrons. The van der Waals surface area contributed by atoms with Gasteiger partial charge in [0.1, 0.15) is 5.15 Å². The molecule has 0 spiro atoms. The maximum Gasteiger partial charge on any atom is 0.137 e. The van der Waals surface area contributed by atoms with Crippen molar-refractivity contribution in [3.8, 4) is 10.4 Å². The summed E-state index contributed by atoms with van der Waals surface area (Å²) in [6.45, 7) is 0.697. The predicted molar refractivity (Wildman–Crippen MR) is 67.7 cm³/mol. The first-order chi connectivity index (χ1) is 7.81. The molecule has 0 amide bonds. The monoisotopic (exact) mass is 253 g/mol. The Kier molecular flexibility index (Phi) is 3.88. The van der Waals surface area contributed by atoms with E-state index in [-0.39, 0.29) is 0 Å². The fraction of sp³-hybridized carbons (Fsp3) is 0.273. The molecule has 0 bridgehead atoms. The molecule has 0 unspecified atom stereocenters. The SMILES string of the molecule is NCCCc1ncc(-c2cccnc2Cl)s1. The van der Waals surface area contributed by atoms with Crippen LogP contribution in [0.2, 0.25) is 5.15 Å². The lowest BCUT2D eigenvalue weighted by Gasteiger charge is -1.97. The Balaban J connectivity index is 2.22. The van der Waals surface area contributed by atoms with Crippen LogP contribution in [0.5, 0.6) is 0 Å². The number of thiazole rings is 1. The molecule has 0 fully saturated rings. The zero-order chi connectivity index (χ0) is 11.4. The normalized spacial score (nSPS) is 10.6. The third kappa shape index (κ3) is 2.58. The number of hydrogen-bond acceptors (Lipinski definition) is 4. The molecule has 0 aliphatic carbocycles. The number of nitrogens with zero attached hydrogens (tertiary/aromatic N) is 2. The molecule has 2 aromatic heterocycles. The van der Waals surface area contributed by atoms with Gasteiger partial charge in [-0.15, -0.1) is 11.3 Å². The van der Waals surface area contributed by atoms with Crippen molar-refractivity contribution < 1.29 is 0 Å². The second kappa shape index (κ2) is 5.39. The molecular weight excluding hydrogens is 242 g/mol. The standard InChI is InChI=1S/C11H12ClN3S/c12-11-8(3-2-6-14-11)9-7-15-10(16-9)4-1-5-13/h2-3,6-7H,1,4-5,13H2. The first-order valence-electron chi connectivity index (χ1n) is 5.07. The van der Waals surface area contributed by atoms with Gasteiger partial charge < -0.3 is 5.73 Å². The molecular formula is C11H12ClN3S. The Morgan fingerprint density at radius 2 is 2.25 bits per heavy atom. The average Bonchev–Trinajstić information content (AvgIpc) is 2.75. The average molecular weight is 254 g/mol. The molecule has 5 heteroatoms. The molecule has 2 heterocycles. The Morgan fingerprint density at radius 1 is 1.38 bits per heavy atom. The molecule has 0 atom stereocenters. The minimum atomic E-state index is 0.525. The molecule has 2 rings (SSSR count). The van der Waals surface area contributed by atoms with Crippen molar-refractivity contribution in [1.82, 2.24) is 9.97 Å². The van der Waals surface area contributed by atoms with Crippen LogP contribution in [0.1, 0.15) is 11.4 Å². The van der Waals surface area contributed by atoms with Crippen molar-refractivity contribution in [2.75, 3.05) is 6.54 Å². The summed E-state index contributed by atoms with van der Waals surface area (Å²) in [7, 11) is 0. The van der Waals surface area contributed by atoms with E-state index >= 15 is 0 Å². The Labute approximate surface area is 103 Å². The maximum absolute atomic E-state index is 6.02. The number of rotatable bonds is 4. The van der Waals surface area contributed by atoms with Crippen LogP contribution < -0.4 is 5.73 Å². The summed E-state index contributed by atoms with van der Waals surface area (Å²) in [6, 6.07) is 3.83. The van der Waals surface area contributed by atoms with Gasteiger partial charge in [0.15, 0.2) is 0 Å². The molecule has 0 saturated carbocycles. The lowest BCUT2D eigenvalue weighted by molar-refractivity contribution is 0.826. The summed E-state index contributed by atoms with van der Waals surface area (Å²) in [5, 5.41) is 1.62. The van der Waals surface area contributed by atoms with Crippen LogP contribution in [0.4, 0.5) is 0 Å². The van der Waals surface area contributed by atoms with E-state index in [0.717, 1.165) is 28.3 Å². The molecule has 16 heavy (non-hydrogen) atoms. The summed E-state index contributed by atoms with van der Waals surface area (Å²) in [5.41, 5.74) is 6.41. The van der Waals surface area contributed by atoms with Crippen LogP contribution >= 0.6 is 22.9 Å². The highest BCUT2D eigenvalue weighted by Gasteiger charge is 2.07. The molecule has 2 aromatic rings. The molecule has 0 saturated heterocycles. The topological polar surface area (TPSA) is 51.8 Å². The maximum atomic E-state index is 6.02. The zero-order valence-electron chi connectivity index (χ0n) is 8.69. The number of pyridine rings is 1. The van der Waals surface area contributed by atoms with Gasteiger partial charge in [-0.05, 0) is 25.1 Å². The predicted octanol–water partition coefficient (Wildman–Crippen LogP) is 2.75. The van der Waals surface area contributed by atoms with Crippen molar-refractivity contribution in [2.45, 2.75) is 12.8 Å². The Bertz CT molecular complexity index is 470. The number of nitrogens with two attached hydrogens (primary N) is 1. The van der Waals surface area contributed by atoms with E-state index in [1.165, 1.54) is 0 Å². The van der Waals surface area contributed by atoms with E-state index in [4.69, 9.17) is 17.3 Å². The Hall–Kier alpha value is -0.970. The summed E-state index contributed by atoms with van der Waals surface area (Å²) in [6.07, 6.45) is 5.42. The van der Waals surface area contributed by atoms with Crippen molar-refractivity contribution >= 4 is 22.9 Å². The van der Waals surface area contributed by atoms with Gasteiger partial charge >= 0.3 is 0 Å². The molecule has 0 aliphatic heterocycles. The lowest BCUT2D eigenvalue weighted by atomic mass is 10.2. The van der Waals surface area contributed by atoms with Crippen LogP contribution in [-0.2, 0) is 6.42 Å². The van der Waals surface area contributed by atoms with Crippen molar-refractivity contribution in [1.29, 1.82) is 0 Å². The Morgan fingerprint density at radius 3 is 3.00 bits per heavy atom. The third-order valence-corrected chi connectivity index (χ3v) is 3.56. The summed E-state index contributed by atoms with van der Waals surface area (Å²) in [5.74, 6) is 0. The van der Waals surface area contributed by atoms with E-state index in [2.05, 4.69) is 9.97 Å². The first kappa shape index (κ1) is 11.5. The highest BCUT2D eigenvalue weighted by molar-refractivity contribution is 7.15. The van der Waals surface area contributed by atoms with Gasteiger partial charge in [-0.1, -0.05) is 11.6 Å². The van der Waals surface area contributed by atoms with E-state index in [1.54, 1.807) is 17.5 Å². The van der Waals surface area contributed by atoms with Gasteiger partial charge in [0.05, 0.1) is 9.88 Å². The highest BCUT2D eigenvalue weighted by Crippen LogP contribution is 2.30. The van der Waals surface area contributed by atoms with E-state index in [1.807, 2.05) is 18.3 Å². The van der Waals surface area contributed by atoms with Crippen molar-refractivity contribution in [3.05, 3.63) is 34.7 Å². The molecule has 0 aliphatic rings. The molecule has 0 radical (unpaired) electrons. The summed E-state index contributed by atoms with van der Waals surface area (Å²) >= 11 is 7.67. The van der Waals surface area contributed by atoms with Crippen LogP contribution in [0, 0.1) is 0 Å². The fourth-order valence-corrected chi connectivity index (χ4v) is 2.64. The van der Waals surface area contributed by atoms with Gasteiger partial charge in [0, 0.05) is 24.4 Å². The third-order valence-electron chi connectivity index (χ3n) is 2.17. The van der Waals surface area contributed by atoms with E-state index in [0.29, 0.717) is 11.7 Å². The van der Waals surface area contributed by atoms with E-state index in [9.17, 15) is 0 Å². The first-order valence-corrected chi connectivity index (χ1v) is 6.26. The fourth-order valence-electron chi connectivity index (χ4n) is 1.37. The number of halogens is 1. The van der Waals surface area contributed by atoms with Gasteiger partial charge in [-0.3, -0.25) is 0 Å². The summed E-state index contributed by atoms with van der Waals surface area (Å²) in [4.78, 5) is 9.46. The zero-order valence-corrected chi connectivity index (χ0v) is 10.3. The van der Waals surface area contributed by atoms with Gasteiger partial charge in [0.25, 0.3) is 0 Å². The largest absolute Gasteiger partial charge is 0.330 e. The highest BCUT2D eigenvalue weighted by atomic mass is 35.5. The van der Waals surface area contributed by atoms with Crippen LogP contribution in [-0.4, -0.2) is 16.5 Å². The van der Waals surface area contributed by atoms with Crippen LogP contribution in [0.3, 0.4) is 0 Å². The van der Waals surface area contributed by atoms with Crippen LogP contribution in [0.15, 0.2) is 24.5 Å². The second-order valence-electron chi connectivity index (χ2n) is 3.35. The number of aromatic nitrogens is 2. The molecule has 0 aromatic carbocycles. The molecule has 3 nitrogen and oxygen atoms in total. The quantitative estimate of drug-likeness (QED) is 0.853. The van der Waals surface area contributed by atoms with Gasteiger partial charge in [-0.25, -0.2) is 9.97 Å². The van der Waals surface area contributed by atoms with Crippen LogP contribution in [0.25, 0.3) is 10.4 Å². The minimum absolute atomic E-state index is 0.525. The summed E-state index contributed by atoms with van der Waals surface area (Å²) < 4.78 is 0.